The second kappa shape index (κ2) is 5.43. The van der Waals surface area contributed by atoms with Gasteiger partial charge in [0, 0.05) is 15.9 Å². The standard InChI is InChI=1S/C16H22N2S/c1-11-7-5-6-8-12(11)15-18-14(16(2,3)4)13(19-15)9-10-17/h5-8H,9-10,17H2,1-4H3. The van der Waals surface area contributed by atoms with Gasteiger partial charge in [0.1, 0.15) is 5.01 Å². The largest absolute Gasteiger partial charge is 0.330 e. The highest BCUT2D eigenvalue weighted by molar-refractivity contribution is 7.15. The van der Waals surface area contributed by atoms with Crippen LogP contribution in [0.25, 0.3) is 10.6 Å². The van der Waals surface area contributed by atoms with Crippen molar-refractivity contribution in [3.63, 3.8) is 0 Å². The van der Waals surface area contributed by atoms with Crippen molar-refractivity contribution >= 4 is 11.3 Å². The number of benzene rings is 1. The van der Waals surface area contributed by atoms with Crippen LogP contribution in [0.4, 0.5) is 0 Å². The molecule has 0 aliphatic heterocycles. The summed E-state index contributed by atoms with van der Waals surface area (Å²) in [4.78, 5) is 6.22. The first-order valence-corrected chi connectivity index (χ1v) is 7.51. The molecule has 0 fully saturated rings. The molecule has 0 spiro atoms. The van der Waals surface area contributed by atoms with Gasteiger partial charge in [-0.05, 0) is 25.5 Å². The van der Waals surface area contributed by atoms with Crippen LogP contribution in [0.5, 0.6) is 0 Å². The van der Waals surface area contributed by atoms with Gasteiger partial charge in [-0.25, -0.2) is 4.98 Å². The third kappa shape index (κ3) is 3.04. The fraction of sp³-hybridized carbons (Fsp3) is 0.438. The molecule has 0 bridgehead atoms. The van der Waals surface area contributed by atoms with Gasteiger partial charge in [-0.1, -0.05) is 45.0 Å². The summed E-state index contributed by atoms with van der Waals surface area (Å²) >= 11 is 1.79. The Morgan fingerprint density at radius 3 is 2.47 bits per heavy atom. The predicted molar refractivity (Wildman–Crippen MR) is 83.7 cm³/mol. The normalized spacial score (nSPS) is 11.8. The Labute approximate surface area is 119 Å². The summed E-state index contributed by atoms with van der Waals surface area (Å²) in [5.74, 6) is 0. The first-order valence-electron chi connectivity index (χ1n) is 6.69. The minimum atomic E-state index is 0.0714. The maximum atomic E-state index is 5.73. The lowest BCUT2D eigenvalue weighted by Gasteiger charge is -2.17. The van der Waals surface area contributed by atoms with Gasteiger partial charge in [0.25, 0.3) is 0 Å². The number of nitrogens with two attached hydrogens (primary N) is 1. The zero-order valence-electron chi connectivity index (χ0n) is 12.2. The molecule has 0 saturated heterocycles. The quantitative estimate of drug-likeness (QED) is 0.921. The molecule has 3 heteroatoms. The topological polar surface area (TPSA) is 38.9 Å². The molecular weight excluding hydrogens is 252 g/mol. The minimum Gasteiger partial charge on any atom is -0.330 e. The maximum absolute atomic E-state index is 5.73. The average Bonchev–Trinajstić information content (AvgIpc) is 2.74. The van der Waals surface area contributed by atoms with E-state index in [1.165, 1.54) is 21.7 Å². The van der Waals surface area contributed by atoms with E-state index >= 15 is 0 Å². The molecule has 2 N–H and O–H groups in total. The number of aromatic nitrogens is 1. The number of hydrogen-bond acceptors (Lipinski definition) is 3. The minimum absolute atomic E-state index is 0.0714. The second-order valence-corrected chi connectivity index (χ2v) is 6.98. The zero-order chi connectivity index (χ0) is 14.0. The monoisotopic (exact) mass is 274 g/mol. The molecular formula is C16H22N2S. The Hall–Kier alpha value is -1.19. The first-order chi connectivity index (χ1) is 8.93. The molecule has 0 aliphatic rings. The molecule has 1 aromatic carbocycles. The number of rotatable bonds is 3. The summed E-state index contributed by atoms with van der Waals surface area (Å²) in [6.45, 7) is 9.45. The molecule has 0 unspecified atom stereocenters. The molecule has 19 heavy (non-hydrogen) atoms. The lowest BCUT2D eigenvalue weighted by molar-refractivity contribution is 0.566. The van der Waals surface area contributed by atoms with Crippen LogP contribution in [0.1, 0.15) is 36.9 Å². The summed E-state index contributed by atoms with van der Waals surface area (Å²) in [6.07, 6.45) is 0.913. The van der Waals surface area contributed by atoms with Crippen molar-refractivity contribution in [3.05, 3.63) is 40.4 Å². The van der Waals surface area contributed by atoms with Gasteiger partial charge >= 0.3 is 0 Å². The predicted octanol–water partition coefficient (Wildman–Crippen LogP) is 3.92. The number of thiazole rings is 1. The highest BCUT2D eigenvalue weighted by atomic mass is 32.1. The number of hydrogen-bond donors (Lipinski definition) is 1. The molecule has 0 amide bonds. The second-order valence-electron chi connectivity index (χ2n) is 5.89. The van der Waals surface area contributed by atoms with Gasteiger partial charge in [0.15, 0.2) is 0 Å². The molecule has 1 heterocycles. The molecule has 102 valence electrons. The van der Waals surface area contributed by atoms with Crippen molar-refractivity contribution in [1.29, 1.82) is 0 Å². The maximum Gasteiger partial charge on any atom is 0.124 e. The van der Waals surface area contributed by atoms with Crippen LogP contribution in [0.3, 0.4) is 0 Å². The van der Waals surface area contributed by atoms with Gasteiger partial charge in [-0.15, -0.1) is 11.3 Å². The Morgan fingerprint density at radius 1 is 1.21 bits per heavy atom. The van der Waals surface area contributed by atoms with Crippen molar-refractivity contribution in [2.45, 2.75) is 39.5 Å². The summed E-state index contributed by atoms with van der Waals surface area (Å²) in [7, 11) is 0. The zero-order valence-corrected chi connectivity index (χ0v) is 13.0. The summed E-state index contributed by atoms with van der Waals surface area (Å²) in [5, 5.41) is 1.12. The molecule has 1 aromatic heterocycles. The molecule has 0 atom stereocenters. The molecule has 0 radical (unpaired) electrons. The van der Waals surface area contributed by atoms with Crippen molar-refractivity contribution in [2.75, 3.05) is 6.54 Å². The van der Waals surface area contributed by atoms with Crippen molar-refractivity contribution in [1.82, 2.24) is 4.98 Å². The average molecular weight is 274 g/mol. The van der Waals surface area contributed by atoms with Crippen molar-refractivity contribution in [2.24, 2.45) is 5.73 Å². The Kier molecular flexibility index (Phi) is 4.07. The van der Waals surface area contributed by atoms with Gasteiger partial charge in [0.05, 0.1) is 5.69 Å². The lowest BCUT2D eigenvalue weighted by Crippen LogP contribution is -2.15. The third-order valence-corrected chi connectivity index (χ3v) is 4.30. The van der Waals surface area contributed by atoms with E-state index in [1.807, 2.05) is 0 Å². The van der Waals surface area contributed by atoms with Crippen molar-refractivity contribution < 1.29 is 0 Å². The van der Waals surface area contributed by atoms with E-state index in [9.17, 15) is 0 Å². The van der Waals surface area contributed by atoms with Crippen LogP contribution in [0, 0.1) is 6.92 Å². The third-order valence-electron chi connectivity index (χ3n) is 3.15. The summed E-state index contributed by atoms with van der Waals surface area (Å²) in [5.41, 5.74) is 9.51. The molecule has 2 aromatic rings. The van der Waals surface area contributed by atoms with E-state index in [-0.39, 0.29) is 5.41 Å². The smallest absolute Gasteiger partial charge is 0.124 e. The van der Waals surface area contributed by atoms with E-state index in [0.717, 1.165) is 11.4 Å². The Bertz CT molecular complexity index is 564. The van der Waals surface area contributed by atoms with Crippen LogP contribution < -0.4 is 5.73 Å². The Morgan fingerprint density at radius 2 is 1.89 bits per heavy atom. The fourth-order valence-electron chi connectivity index (χ4n) is 2.17. The Balaban J connectivity index is 2.52. The first kappa shape index (κ1) is 14.2. The van der Waals surface area contributed by atoms with E-state index in [2.05, 4.69) is 52.0 Å². The van der Waals surface area contributed by atoms with E-state index in [4.69, 9.17) is 10.7 Å². The van der Waals surface area contributed by atoms with Crippen LogP contribution in [0.2, 0.25) is 0 Å². The van der Waals surface area contributed by atoms with Crippen LogP contribution >= 0.6 is 11.3 Å². The highest BCUT2D eigenvalue weighted by Gasteiger charge is 2.23. The highest BCUT2D eigenvalue weighted by Crippen LogP contribution is 2.35. The van der Waals surface area contributed by atoms with E-state index < -0.39 is 0 Å². The molecule has 2 nitrogen and oxygen atoms in total. The van der Waals surface area contributed by atoms with Crippen LogP contribution in [0.15, 0.2) is 24.3 Å². The molecule has 0 aliphatic carbocycles. The lowest BCUT2D eigenvalue weighted by atomic mass is 9.90. The van der Waals surface area contributed by atoms with Gasteiger partial charge in [-0.2, -0.15) is 0 Å². The molecule has 2 rings (SSSR count). The SMILES string of the molecule is Cc1ccccc1-c1nc(C(C)(C)C)c(CCN)s1. The molecule has 0 saturated carbocycles. The van der Waals surface area contributed by atoms with Gasteiger partial charge in [0.2, 0.25) is 0 Å². The summed E-state index contributed by atoms with van der Waals surface area (Å²) < 4.78 is 0. The summed E-state index contributed by atoms with van der Waals surface area (Å²) in [6, 6.07) is 8.42. The van der Waals surface area contributed by atoms with Crippen LogP contribution in [-0.4, -0.2) is 11.5 Å². The number of aryl methyl sites for hydroxylation is 1. The number of nitrogens with zero attached hydrogens (tertiary/aromatic N) is 1. The van der Waals surface area contributed by atoms with Crippen LogP contribution in [-0.2, 0) is 11.8 Å². The van der Waals surface area contributed by atoms with Crippen molar-refractivity contribution in [3.8, 4) is 10.6 Å². The fourth-order valence-corrected chi connectivity index (χ4v) is 3.54. The van der Waals surface area contributed by atoms with E-state index in [1.54, 1.807) is 11.3 Å². The van der Waals surface area contributed by atoms with Gasteiger partial charge in [-0.3, -0.25) is 0 Å². The van der Waals surface area contributed by atoms with Gasteiger partial charge < -0.3 is 5.73 Å². The van der Waals surface area contributed by atoms with E-state index in [0.29, 0.717) is 6.54 Å².